The minimum absolute atomic E-state index is 0.160. The molecule has 24 heavy (non-hydrogen) atoms. The minimum Gasteiger partial charge on any atom is -0.465 e. The zero-order valence-electron chi connectivity index (χ0n) is 13.6. The van der Waals surface area contributed by atoms with E-state index in [1.54, 1.807) is 29.2 Å². The van der Waals surface area contributed by atoms with Crippen LogP contribution in [0.15, 0.2) is 24.3 Å². The number of para-hydroxylation sites is 1. The van der Waals surface area contributed by atoms with Crippen molar-refractivity contribution in [2.45, 2.75) is 12.8 Å². The fraction of sp³-hybridized carbons (Fsp3) is 0.438. The largest absolute Gasteiger partial charge is 0.465 e. The topological polar surface area (TPSA) is 114 Å². The van der Waals surface area contributed by atoms with E-state index in [0.717, 1.165) is 12.8 Å². The summed E-state index contributed by atoms with van der Waals surface area (Å²) in [5.74, 6) is -0.346. The van der Waals surface area contributed by atoms with Gasteiger partial charge in [-0.25, -0.2) is 14.4 Å². The Balaban J connectivity index is 1.99. The molecule has 1 aromatic carbocycles. The summed E-state index contributed by atoms with van der Waals surface area (Å²) in [7, 11) is 1.29. The summed E-state index contributed by atoms with van der Waals surface area (Å²) in [6.07, 6.45) is 1.76. The average molecular weight is 334 g/mol. The van der Waals surface area contributed by atoms with Crippen LogP contribution in [0, 0.1) is 5.92 Å². The van der Waals surface area contributed by atoms with Crippen LogP contribution in [0.5, 0.6) is 0 Å². The monoisotopic (exact) mass is 334 g/mol. The molecular formula is C16H22N4O4. The summed E-state index contributed by atoms with van der Waals surface area (Å²) in [6.45, 7) is 1.59. The first-order chi connectivity index (χ1) is 11.5. The second-order valence-electron chi connectivity index (χ2n) is 5.67. The summed E-state index contributed by atoms with van der Waals surface area (Å²) in [5, 5.41) is 5.33. The van der Waals surface area contributed by atoms with Crippen LogP contribution < -0.4 is 16.4 Å². The highest BCUT2D eigenvalue weighted by atomic mass is 16.5. The van der Waals surface area contributed by atoms with Gasteiger partial charge < -0.3 is 26.0 Å². The normalized spacial score (nSPS) is 17.0. The third-order valence-electron chi connectivity index (χ3n) is 3.95. The molecule has 1 saturated heterocycles. The predicted octanol–water partition coefficient (Wildman–Crippen LogP) is 1.39. The number of amides is 4. The van der Waals surface area contributed by atoms with Crippen LogP contribution in [0.4, 0.5) is 15.3 Å². The van der Waals surface area contributed by atoms with Crippen molar-refractivity contribution < 1.29 is 19.1 Å². The molecule has 1 heterocycles. The van der Waals surface area contributed by atoms with E-state index in [-0.39, 0.29) is 11.9 Å². The number of benzene rings is 1. The maximum absolute atomic E-state index is 12.5. The molecular weight excluding hydrogens is 312 g/mol. The molecule has 8 nitrogen and oxygen atoms in total. The second kappa shape index (κ2) is 8.19. The number of hydrogen-bond donors (Lipinski definition) is 3. The van der Waals surface area contributed by atoms with Crippen LogP contribution in [-0.4, -0.2) is 49.7 Å². The minimum atomic E-state index is -0.566. The Kier molecular flexibility index (Phi) is 6.00. The van der Waals surface area contributed by atoms with Crippen LogP contribution in [0.2, 0.25) is 0 Å². The molecule has 1 atom stereocenters. The third-order valence-corrected chi connectivity index (χ3v) is 3.95. The molecule has 1 aliphatic heterocycles. The number of primary amides is 1. The molecule has 0 aliphatic carbocycles. The number of piperidine rings is 1. The standard InChI is InChI=1S/C16H22N4O4/c1-24-14(21)12-6-2-3-7-13(12)19-16(23)20-8-4-5-11(10-20)9-18-15(17)22/h2-3,6-7,11H,4-5,8-10H2,1H3,(H,19,23)(H3,17,18,22)/t11-/m1/s1. The number of anilines is 1. The summed E-state index contributed by atoms with van der Waals surface area (Å²) in [5.41, 5.74) is 5.79. The van der Waals surface area contributed by atoms with E-state index < -0.39 is 12.0 Å². The molecule has 0 bridgehead atoms. The van der Waals surface area contributed by atoms with Gasteiger partial charge in [-0.2, -0.15) is 0 Å². The molecule has 1 aliphatic rings. The number of nitrogens with two attached hydrogens (primary N) is 1. The number of nitrogens with zero attached hydrogens (tertiary/aromatic N) is 1. The number of carbonyl (C=O) groups is 3. The first kappa shape index (κ1) is 17.6. The Labute approximate surface area is 140 Å². The van der Waals surface area contributed by atoms with Crippen molar-refractivity contribution in [1.82, 2.24) is 10.2 Å². The third kappa shape index (κ3) is 4.61. The number of esters is 1. The van der Waals surface area contributed by atoms with Crippen molar-refractivity contribution >= 4 is 23.7 Å². The van der Waals surface area contributed by atoms with E-state index in [2.05, 4.69) is 10.6 Å². The Hall–Kier alpha value is -2.77. The Bertz CT molecular complexity index is 620. The van der Waals surface area contributed by atoms with Gasteiger partial charge in [0, 0.05) is 19.6 Å². The molecule has 8 heteroatoms. The van der Waals surface area contributed by atoms with Crippen LogP contribution in [0.25, 0.3) is 0 Å². The molecule has 4 N–H and O–H groups in total. The lowest BCUT2D eigenvalue weighted by atomic mass is 9.98. The van der Waals surface area contributed by atoms with Crippen LogP contribution in [0.1, 0.15) is 23.2 Å². The Morgan fingerprint density at radius 3 is 2.79 bits per heavy atom. The predicted molar refractivity (Wildman–Crippen MR) is 88.7 cm³/mol. The first-order valence-corrected chi connectivity index (χ1v) is 7.78. The number of ether oxygens (including phenoxy) is 1. The Morgan fingerprint density at radius 1 is 1.33 bits per heavy atom. The highest BCUT2D eigenvalue weighted by molar-refractivity contribution is 6.00. The van der Waals surface area contributed by atoms with E-state index in [0.29, 0.717) is 30.9 Å². The van der Waals surface area contributed by atoms with Crippen LogP contribution in [0.3, 0.4) is 0 Å². The average Bonchev–Trinajstić information content (AvgIpc) is 2.60. The first-order valence-electron chi connectivity index (χ1n) is 7.78. The lowest BCUT2D eigenvalue weighted by molar-refractivity contribution is 0.0602. The maximum atomic E-state index is 12.5. The lowest BCUT2D eigenvalue weighted by Crippen LogP contribution is -2.46. The SMILES string of the molecule is COC(=O)c1ccccc1NC(=O)N1CCC[C@H](CNC(N)=O)C1. The molecule has 0 saturated carbocycles. The summed E-state index contributed by atoms with van der Waals surface area (Å²) in [6, 6.07) is 5.84. The van der Waals surface area contributed by atoms with Gasteiger partial charge in [0.2, 0.25) is 0 Å². The highest BCUT2D eigenvalue weighted by Gasteiger charge is 2.24. The van der Waals surface area contributed by atoms with Crippen molar-refractivity contribution in [3.8, 4) is 0 Å². The molecule has 0 spiro atoms. The van der Waals surface area contributed by atoms with E-state index in [1.807, 2.05) is 0 Å². The number of methoxy groups -OCH3 is 1. The number of carbonyl (C=O) groups excluding carboxylic acids is 3. The van der Waals surface area contributed by atoms with Gasteiger partial charge in [0.05, 0.1) is 18.4 Å². The summed E-state index contributed by atoms with van der Waals surface area (Å²) < 4.78 is 4.72. The van der Waals surface area contributed by atoms with Crippen molar-refractivity contribution in [1.29, 1.82) is 0 Å². The van der Waals surface area contributed by atoms with Crippen molar-refractivity contribution in [3.63, 3.8) is 0 Å². The van der Waals surface area contributed by atoms with Crippen LogP contribution >= 0.6 is 0 Å². The summed E-state index contributed by atoms with van der Waals surface area (Å²) >= 11 is 0. The molecule has 2 rings (SSSR count). The quantitative estimate of drug-likeness (QED) is 0.722. The number of hydrogen-bond acceptors (Lipinski definition) is 4. The van der Waals surface area contributed by atoms with E-state index in [9.17, 15) is 14.4 Å². The Morgan fingerprint density at radius 2 is 2.08 bits per heavy atom. The molecule has 130 valence electrons. The van der Waals surface area contributed by atoms with Crippen molar-refractivity contribution in [3.05, 3.63) is 29.8 Å². The zero-order valence-corrected chi connectivity index (χ0v) is 13.6. The molecule has 0 radical (unpaired) electrons. The molecule has 4 amide bonds. The van der Waals surface area contributed by atoms with Gasteiger partial charge in [-0.3, -0.25) is 0 Å². The van der Waals surface area contributed by atoms with Gasteiger partial charge in [0.1, 0.15) is 0 Å². The van der Waals surface area contributed by atoms with Gasteiger partial charge in [-0.05, 0) is 30.9 Å². The van der Waals surface area contributed by atoms with Gasteiger partial charge in [-0.15, -0.1) is 0 Å². The van der Waals surface area contributed by atoms with Gasteiger partial charge >= 0.3 is 18.0 Å². The molecule has 1 aromatic rings. The van der Waals surface area contributed by atoms with Gasteiger partial charge in [0.25, 0.3) is 0 Å². The fourth-order valence-corrected chi connectivity index (χ4v) is 2.74. The van der Waals surface area contributed by atoms with E-state index >= 15 is 0 Å². The maximum Gasteiger partial charge on any atom is 0.339 e. The zero-order chi connectivity index (χ0) is 17.5. The smallest absolute Gasteiger partial charge is 0.339 e. The summed E-state index contributed by atoms with van der Waals surface area (Å²) in [4.78, 5) is 36.7. The van der Waals surface area contributed by atoms with Gasteiger partial charge in [0.15, 0.2) is 0 Å². The second-order valence-corrected chi connectivity index (χ2v) is 5.67. The van der Waals surface area contributed by atoms with Crippen LogP contribution in [-0.2, 0) is 4.74 Å². The molecule has 0 aromatic heterocycles. The fourth-order valence-electron chi connectivity index (χ4n) is 2.74. The number of likely N-dealkylation sites (tertiary alicyclic amines) is 1. The van der Waals surface area contributed by atoms with E-state index in [1.165, 1.54) is 7.11 Å². The van der Waals surface area contributed by atoms with E-state index in [4.69, 9.17) is 10.5 Å². The molecule has 0 unspecified atom stereocenters. The number of nitrogens with one attached hydrogen (secondary N) is 2. The highest BCUT2D eigenvalue weighted by Crippen LogP contribution is 2.20. The number of urea groups is 2. The van der Waals surface area contributed by atoms with Crippen molar-refractivity contribution in [2.24, 2.45) is 11.7 Å². The number of rotatable bonds is 4. The molecule has 1 fully saturated rings. The van der Waals surface area contributed by atoms with Crippen molar-refractivity contribution in [2.75, 3.05) is 32.1 Å². The lowest BCUT2D eigenvalue weighted by Gasteiger charge is -2.32. The van der Waals surface area contributed by atoms with Gasteiger partial charge in [-0.1, -0.05) is 12.1 Å².